The summed E-state index contributed by atoms with van der Waals surface area (Å²) in [6.07, 6.45) is 17.6. The number of benzene rings is 1. The molecule has 1 aromatic carbocycles. The van der Waals surface area contributed by atoms with Gasteiger partial charge in [-0.05, 0) is 80.6 Å². The maximum atomic E-state index is 11.6. The largest absolute Gasteiger partial charge is 0.300 e. The lowest BCUT2D eigenvalue weighted by molar-refractivity contribution is 0.0492. The van der Waals surface area contributed by atoms with Gasteiger partial charge in [0.25, 0.3) is 0 Å². The van der Waals surface area contributed by atoms with E-state index in [1.54, 1.807) is 0 Å². The summed E-state index contributed by atoms with van der Waals surface area (Å²) in [7, 11) is -3.23. The predicted octanol–water partition coefficient (Wildman–Crippen LogP) is 5.30. The van der Waals surface area contributed by atoms with Crippen molar-refractivity contribution < 1.29 is 8.42 Å². The molecule has 0 spiro atoms. The Kier molecular flexibility index (Phi) is 6.55. The maximum Gasteiger partial charge on any atom is 0.229 e. The summed E-state index contributed by atoms with van der Waals surface area (Å²) >= 11 is 0. The number of nitrogens with zero attached hydrogens (tertiary/aromatic N) is 1. The van der Waals surface area contributed by atoms with Gasteiger partial charge in [-0.1, -0.05) is 50.7 Å². The van der Waals surface area contributed by atoms with Crippen LogP contribution in [0.3, 0.4) is 0 Å². The van der Waals surface area contributed by atoms with E-state index in [0.717, 1.165) is 5.92 Å². The Hall–Kier alpha value is -1.07. The molecule has 1 heterocycles. The zero-order chi connectivity index (χ0) is 20.3. The molecule has 5 heteroatoms. The van der Waals surface area contributed by atoms with Crippen LogP contribution in [0.1, 0.15) is 82.6 Å². The minimum absolute atomic E-state index is 0.234. The van der Waals surface area contributed by atoms with Crippen molar-refractivity contribution in [2.45, 2.75) is 88.5 Å². The highest BCUT2D eigenvalue weighted by atomic mass is 32.2. The molecule has 29 heavy (non-hydrogen) atoms. The smallest absolute Gasteiger partial charge is 0.229 e. The lowest BCUT2D eigenvalue weighted by atomic mass is 9.63. The first-order chi connectivity index (χ1) is 13.9. The van der Waals surface area contributed by atoms with E-state index >= 15 is 0 Å². The van der Waals surface area contributed by atoms with E-state index in [-0.39, 0.29) is 5.41 Å². The van der Waals surface area contributed by atoms with Crippen molar-refractivity contribution in [3.63, 3.8) is 0 Å². The Morgan fingerprint density at radius 3 is 2.72 bits per heavy atom. The summed E-state index contributed by atoms with van der Waals surface area (Å²) in [6, 6.07) is 8.88. The van der Waals surface area contributed by atoms with Gasteiger partial charge in [-0.25, -0.2) is 8.42 Å². The van der Waals surface area contributed by atoms with Crippen molar-refractivity contribution in [2.24, 2.45) is 5.92 Å². The van der Waals surface area contributed by atoms with Gasteiger partial charge in [-0.2, -0.15) is 0 Å². The number of hydrogen-bond acceptors (Lipinski definition) is 3. The van der Waals surface area contributed by atoms with Crippen LogP contribution in [-0.4, -0.2) is 38.7 Å². The van der Waals surface area contributed by atoms with Crippen molar-refractivity contribution in [3.05, 3.63) is 29.8 Å². The molecule has 4 rings (SSSR count). The molecular formula is C24H38N2O2S. The predicted molar refractivity (Wildman–Crippen MR) is 121 cm³/mol. The first-order valence-electron chi connectivity index (χ1n) is 11.8. The Morgan fingerprint density at radius 2 is 1.93 bits per heavy atom. The van der Waals surface area contributed by atoms with Crippen molar-refractivity contribution >= 4 is 15.7 Å². The molecule has 1 aliphatic heterocycles. The van der Waals surface area contributed by atoms with Gasteiger partial charge < -0.3 is 4.90 Å². The van der Waals surface area contributed by atoms with E-state index in [0.29, 0.717) is 11.7 Å². The lowest BCUT2D eigenvalue weighted by Crippen LogP contribution is -2.51. The Morgan fingerprint density at radius 1 is 1.10 bits per heavy atom. The summed E-state index contributed by atoms with van der Waals surface area (Å²) in [5.41, 5.74) is 2.27. The third kappa shape index (κ3) is 5.35. The third-order valence-electron chi connectivity index (χ3n) is 7.77. The van der Waals surface area contributed by atoms with Gasteiger partial charge in [0.2, 0.25) is 10.0 Å². The number of anilines is 1. The molecule has 162 valence electrons. The zero-order valence-electron chi connectivity index (χ0n) is 18.0. The van der Waals surface area contributed by atoms with Gasteiger partial charge >= 0.3 is 0 Å². The van der Waals surface area contributed by atoms with Crippen LogP contribution in [0.25, 0.3) is 0 Å². The number of nitrogens with one attached hydrogen (secondary N) is 1. The normalized spacial score (nSPS) is 28.9. The SMILES string of the molecule is CS(=O)(=O)Nc1cccc(C23CCCC(C2)N(CCCC2CCCCC2)CC3)c1. The summed E-state index contributed by atoms with van der Waals surface area (Å²) in [5.74, 6) is 0.990. The number of fused-ring (bicyclic) bond motifs is 2. The van der Waals surface area contributed by atoms with Gasteiger partial charge in [-0.15, -0.1) is 0 Å². The molecule has 2 saturated carbocycles. The summed E-state index contributed by atoms with van der Waals surface area (Å²) in [4.78, 5) is 2.78. The topological polar surface area (TPSA) is 49.4 Å². The number of rotatable bonds is 7. The molecular weight excluding hydrogens is 380 g/mol. The average molecular weight is 419 g/mol. The fraction of sp³-hybridized carbons (Fsp3) is 0.750. The molecule has 0 radical (unpaired) electrons. The molecule has 1 N–H and O–H groups in total. The lowest BCUT2D eigenvalue weighted by Gasteiger charge is -2.51. The van der Waals surface area contributed by atoms with Crippen LogP contribution in [0.15, 0.2) is 24.3 Å². The number of piperidine rings is 1. The maximum absolute atomic E-state index is 11.6. The molecule has 1 aromatic rings. The Bertz CT molecular complexity index is 788. The van der Waals surface area contributed by atoms with Crippen LogP contribution >= 0.6 is 0 Å². The molecule has 0 amide bonds. The van der Waals surface area contributed by atoms with Crippen LogP contribution in [0.4, 0.5) is 5.69 Å². The number of hydrogen-bond donors (Lipinski definition) is 1. The van der Waals surface area contributed by atoms with Crippen molar-refractivity contribution in [3.8, 4) is 0 Å². The van der Waals surface area contributed by atoms with Crippen LogP contribution in [-0.2, 0) is 15.4 Å². The van der Waals surface area contributed by atoms with Crippen LogP contribution in [0.5, 0.6) is 0 Å². The second-order valence-corrected chi connectivity index (χ2v) is 11.7. The fourth-order valence-electron chi connectivity index (χ4n) is 6.30. The third-order valence-corrected chi connectivity index (χ3v) is 8.38. The quantitative estimate of drug-likeness (QED) is 0.653. The second-order valence-electron chi connectivity index (χ2n) is 9.92. The summed E-state index contributed by atoms with van der Waals surface area (Å²) in [6.45, 7) is 2.46. The van der Waals surface area contributed by atoms with E-state index in [4.69, 9.17) is 0 Å². The van der Waals surface area contributed by atoms with Gasteiger partial charge in [0.1, 0.15) is 0 Å². The van der Waals surface area contributed by atoms with E-state index in [1.807, 2.05) is 12.1 Å². The van der Waals surface area contributed by atoms with Crippen LogP contribution < -0.4 is 4.72 Å². The Balaban J connectivity index is 1.38. The first kappa shape index (κ1) is 21.2. The molecule has 3 aliphatic rings. The molecule has 4 nitrogen and oxygen atoms in total. The van der Waals surface area contributed by atoms with Gasteiger partial charge in [0.15, 0.2) is 0 Å². The molecule has 3 fully saturated rings. The fourth-order valence-corrected chi connectivity index (χ4v) is 6.85. The molecule has 2 unspecified atom stereocenters. The van der Waals surface area contributed by atoms with Crippen molar-refractivity contribution in [1.82, 2.24) is 4.90 Å². The molecule has 2 atom stereocenters. The van der Waals surface area contributed by atoms with Crippen molar-refractivity contribution in [1.29, 1.82) is 0 Å². The van der Waals surface area contributed by atoms with Crippen LogP contribution in [0.2, 0.25) is 0 Å². The highest BCUT2D eigenvalue weighted by molar-refractivity contribution is 7.92. The van der Waals surface area contributed by atoms with E-state index in [1.165, 1.54) is 102 Å². The minimum Gasteiger partial charge on any atom is -0.300 e. The molecule has 2 aliphatic carbocycles. The first-order valence-corrected chi connectivity index (χ1v) is 13.7. The standard InChI is InChI=1S/C24H38N2O2S/c1-29(27,28)25-22-12-5-11-21(18-22)24-14-6-13-23(19-24)26(17-15-24)16-7-10-20-8-3-2-4-9-20/h5,11-12,18,20,23,25H,2-4,6-10,13-17,19H2,1H3. The van der Waals surface area contributed by atoms with Crippen molar-refractivity contribution in [2.75, 3.05) is 24.1 Å². The highest BCUT2D eigenvalue weighted by Gasteiger charge is 2.43. The second kappa shape index (κ2) is 8.97. The molecule has 2 bridgehead atoms. The minimum atomic E-state index is -3.23. The van der Waals surface area contributed by atoms with E-state index in [2.05, 4.69) is 21.8 Å². The van der Waals surface area contributed by atoms with Gasteiger partial charge in [0.05, 0.1) is 6.26 Å². The van der Waals surface area contributed by atoms with Gasteiger partial charge in [0, 0.05) is 11.7 Å². The van der Waals surface area contributed by atoms with Gasteiger partial charge in [-0.3, -0.25) is 4.72 Å². The zero-order valence-corrected chi connectivity index (χ0v) is 18.9. The monoisotopic (exact) mass is 418 g/mol. The number of sulfonamides is 1. The average Bonchev–Trinajstić information content (AvgIpc) is 2.70. The highest BCUT2D eigenvalue weighted by Crippen LogP contribution is 2.47. The summed E-state index contributed by atoms with van der Waals surface area (Å²) in [5, 5.41) is 0. The van der Waals surface area contributed by atoms with Crippen LogP contribution in [0, 0.1) is 5.92 Å². The van der Waals surface area contributed by atoms with E-state index in [9.17, 15) is 8.42 Å². The van der Waals surface area contributed by atoms with E-state index < -0.39 is 10.0 Å². The Labute approximate surface area is 177 Å². The molecule has 0 aromatic heterocycles. The molecule has 1 saturated heterocycles. The number of likely N-dealkylation sites (tertiary alicyclic amines) is 1. The summed E-state index contributed by atoms with van der Waals surface area (Å²) < 4.78 is 25.9.